The number of hydrogen-bond acceptors (Lipinski definition) is 4. The molecule has 136 valence electrons. The van der Waals surface area contributed by atoms with Crippen molar-refractivity contribution in [1.82, 2.24) is 9.88 Å². The van der Waals surface area contributed by atoms with Gasteiger partial charge in [-0.2, -0.15) is 0 Å². The summed E-state index contributed by atoms with van der Waals surface area (Å²) in [6.45, 7) is 1.83. The summed E-state index contributed by atoms with van der Waals surface area (Å²) in [6, 6.07) is 10.2. The summed E-state index contributed by atoms with van der Waals surface area (Å²) in [4.78, 5) is 31.9. The van der Waals surface area contributed by atoms with E-state index in [9.17, 15) is 9.59 Å². The molecule has 6 heteroatoms. The van der Waals surface area contributed by atoms with E-state index in [0.29, 0.717) is 27.0 Å². The van der Waals surface area contributed by atoms with E-state index in [-0.39, 0.29) is 23.9 Å². The number of hydrogen-bond donors (Lipinski definition) is 0. The average molecular weight is 391 g/mol. The average Bonchev–Trinajstić information content (AvgIpc) is 2.62. The summed E-state index contributed by atoms with van der Waals surface area (Å²) in [6.07, 6.45) is 1.74. The Hall–Kier alpha value is -1.75. The van der Waals surface area contributed by atoms with E-state index >= 15 is 0 Å². The van der Waals surface area contributed by atoms with Crippen LogP contribution in [0.1, 0.15) is 39.4 Å². The van der Waals surface area contributed by atoms with Crippen LogP contribution in [0, 0.1) is 5.92 Å². The van der Waals surface area contributed by atoms with Gasteiger partial charge in [0.2, 0.25) is 0 Å². The molecule has 1 fully saturated rings. The van der Waals surface area contributed by atoms with E-state index in [1.807, 2.05) is 0 Å². The van der Waals surface area contributed by atoms with Gasteiger partial charge in [-0.3, -0.25) is 9.59 Å². The normalized spacial score (nSPS) is 15.8. The highest BCUT2D eigenvalue weighted by molar-refractivity contribution is 6.39. The number of carbonyl (C=O) groups is 2. The molecule has 0 radical (unpaired) electrons. The minimum absolute atomic E-state index is 0.00247. The van der Waals surface area contributed by atoms with Crippen molar-refractivity contribution in [2.45, 2.75) is 19.3 Å². The minimum atomic E-state index is -0.211. The van der Waals surface area contributed by atoms with Crippen LogP contribution in [0.15, 0.2) is 36.4 Å². The molecule has 1 saturated heterocycles. The summed E-state index contributed by atoms with van der Waals surface area (Å²) < 4.78 is 0. The monoisotopic (exact) mass is 390 g/mol. The second kappa shape index (κ2) is 8.30. The molecule has 4 nitrogen and oxygen atoms in total. The van der Waals surface area contributed by atoms with Gasteiger partial charge < -0.3 is 4.90 Å². The third-order valence-corrected chi connectivity index (χ3v) is 5.36. The van der Waals surface area contributed by atoms with Crippen LogP contribution in [0.4, 0.5) is 0 Å². The lowest BCUT2D eigenvalue weighted by Gasteiger charge is -2.27. The summed E-state index contributed by atoms with van der Waals surface area (Å²) in [5.74, 6) is -0.150. The Bertz CT molecular complexity index is 810. The number of carbonyl (C=O) groups excluding carboxylic acids is 2. The van der Waals surface area contributed by atoms with Gasteiger partial charge in [-0.05, 0) is 57.2 Å². The zero-order valence-electron chi connectivity index (χ0n) is 14.5. The van der Waals surface area contributed by atoms with Gasteiger partial charge in [0.15, 0.2) is 11.6 Å². The first-order valence-electron chi connectivity index (χ1n) is 8.61. The maximum atomic E-state index is 12.7. The number of likely N-dealkylation sites (tertiary alicyclic amines) is 1. The molecular formula is C20H20Cl2N2O2. The van der Waals surface area contributed by atoms with Crippen LogP contribution in [0.3, 0.4) is 0 Å². The SMILES string of the molecule is CN1CCC(C(=O)c2cccc(CC(=O)c3c(Cl)cccc3Cl)n2)CC1. The Morgan fingerprint density at radius 2 is 1.69 bits per heavy atom. The lowest BCUT2D eigenvalue weighted by Crippen LogP contribution is -2.33. The van der Waals surface area contributed by atoms with Crippen molar-refractivity contribution < 1.29 is 9.59 Å². The first-order valence-corrected chi connectivity index (χ1v) is 9.37. The number of rotatable bonds is 5. The van der Waals surface area contributed by atoms with E-state index in [1.165, 1.54) is 0 Å². The van der Waals surface area contributed by atoms with Gasteiger partial charge in [0, 0.05) is 11.6 Å². The molecule has 2 aromatic rings. The molecule has 0 N–H and O–H groups in total. The smallest absolute Gasteiger partial charge is 0.184 e. The van der Waals surface area contributed by atoms with Gasteiger partial charge in [0.1, 0.15) is 5.69 Å². The fraction of sp³-hybridized carbons (Fsp3) is 0.350. The molecule has 2 heterocycles. The Kier molecular flexibility index (Phi) is 6.07. The van der Waals surface area contributed by atoms with Gasteiger partial charge in [-0.1, -0.05) is 35.3 Å². The molecule has 0 spiro atoms. The molecule has 1 aliphatic heterocycles. The first-order chi connectivity index (χ1) is 12.5. The molecule has 26 heavy (non-hydrogen) atoms. The number of aromatic nitrogens is 1. The number of Topliss-reactive ketones (excluding diaryl/α,β-unsaturated/α-hetero) is 2. The van der Waals surface area contributed by atoms with Gasteiger partial charge in [0.25, 0.3) is 0 Å². The van der Waals surface area contributed by atoms with Gasteiger partial charge in [-0.15, -0.1) is 0 Å². The fourth-order valence-electron chi connectivity index (χ4n) is 3.21. The summed E-state index contributed by atoms with van der Waals surface area (Å²) >= 11 is 12.2. The van der Waals surface area contributed by atoms with E-state index in [1.54, 1.807) is 36.4 Å². The molecule has 1 aliphatic rings. The van der Waals surface area contributed by atoms with Crippen molar-refractivity contribution in [2.75, 3.05) is 20.1 Å². The molecule has 0 atom stereocenters. The maximum Gasteiger partial charge on any atom is 0.184 e. The Morgan fingerprint density at radius 1 is 1.08 bits per heavy atom. The first kappa shape index (κ1) is 19.0. The van der Waals surface area contributed by atoms with Crippen molar-refractivity contribution in [3.63, 3.8) is 0 Å². The number of piperidine rings is 1. The number of pyridine rings is 1. The molecule has 0 unspecified atom stereocenters. The standard InChI is InChI=1S/C20H20Cl2N2O2/c1-24-10-8-13(9-11-24)20(26)17-7-2-4-14(23-17)12-18(25)19-15(21)5-3-6-16(19)22/h2-7,13H,8-12H2,1H3. The van der Waals surface area contributed by atoms with Crippen LogP contribution in [0.5, 0.6) is 0 Å². The number of ketones is 2. The predicted molar refractivity (Wildman–Crippen MR) is 103 cm³/mol. The van der Waals surface area contributed by atoms with E-state index in [0.717, 1.165) is 25.9 Å². The molecule has 1 aromatic heterocycles. The summed E-state index contributed by atoms with van der Waals surface area (Å²) in [7, 11) is 2.06. The molecule has 0 bridgehead atoms. The lowest BCUT2D eigenvalue weighted by atomic mass is 9.91. The number of halogens is 2. The Labute approximate surface area is 163 Å². The fourth-order valence-corrected chi connectivity index (χ4v) is 3.82. The van der Waals surface area contributed by atoms with Gasteiger partial charge in [-0.25, -0.2) is 4.98 Å². The second-order valence-corrected chi connectivity index (χ2v) is 7.47. The zero-order valence-corrected chi connectivity index (χ0v) is 16.1. The molecule has 1 aromatic carbocycles. The lowest BCUT2D eigenvalue weighted by molar-refractivity contribution is 0.0850. The van der Waals surface area contributed by atoms with Crippen LogP contribution in [-0.4, -0.2) is 41.6 Å². The van der Waals surface area contributed by atoms with Crippen LogP contribution >= 0.6 is 23.2 Å². The van der Waals surface area contributed by atoms with Crippen molar-refractivity contribution in [1.29, 1.82) is 0 Å². The minimum Gasteiger partial charge on any atom is -0.306 e. The van der Waals surface area contributed by atoms with Crippen LogP contribution in [-0.2, 0) is 6.42 Å². The molecule has 0 saturated carbocycles. The highest BCUT2D eigenvalue weighted by Crippen LogP contribution is 2.26. The molecule has 0 amide bonds. The molecular weight excluding hydrogens is 371 g/mol. The third-order valence-electron chi connectivity index (χ3n) is 4.73. The van der Waals surface area contributed by atoms with Gasteiger partial charge in [0.05, 0.1) is 22.0 Å². The number of nitrogens with zero attached hydrogens (tertiary/aromatic N) is 2. The Morgan fingerprint density at radius 3 is 2.35 bits per heavy atom. The predicted octanol–water partition coefficient (Wildman–Crippen LogP) is 4.34. The largest absolute Gasteiger partial charge is 0.306 e. The maximum absolute atomic E-state index is 12.7. The topological polar surface area (TPSA) is 50.3 Å². The molecule has 0 aliphatic carbocycles. The summed E-state index contributed by atoms with van der Waals surface area (Å²) in [5.41, 5.74) is 1.27. The second-order valence-electron chi connectivity index (χ2n) is 6.65. The van der Waals surface area contributed by atoms with E-state index in [4.69, 9.17) is 23.2 Å². The van der Waals surface area contributed by atoms with Crippen molar-refractivity contribution in [2.24, 2.45) is 5.92 Å². The third kappa shape index (κ3) is 4.32. The zero-order chi connectivity index (χ0) is 18.7. The van der Waals surface area contributed by atoms with E-state index < -0.39 is 0 Å². The quantitative estimate of drug-likeness (QED) is 0.712. The van der Waals surface area contributed by atoms with E-state index in [2.05, 4.69) is 16.9 Å². The summed E-state index contributed by atoms with van der Waals surface area (Å²) in [5, 5.41) is 0.641. The van der Waals surface area contributed by atoms with Crippen LogP contribution in [0.2, 0.25) is 10.0 Å². The van der Waals surface area contributed by atoms with Gasteiger partial charge >= 0.3 is 0 Å². The van der Waals surface area contributed by atoms with Crippen molar-refractivity contribution in [3.05, 3.63) is 63.4 Å². The van der Waals surface area contributed by atoms with Crippen molar-refractivity contribution >= 4 is 34.8 Å². The molecule has 3 rings (SSSR count). The Balaban J connectivity index is 1.75. The van der Waals surface area contributed by atoms with Crippen LogP contribution < -0.4 is 0 Å². The van der Waals surface area contributed by atoms with Crippen LogP contribution in [0.25, 0.3) is 0 Å². The number of benzene rings is 1. The van der Waals surface area contributed by atoms with Crippen molar-refractivity contribution in [3.8, 4) is 0 Å². The highest BCUT2D eigenvalue weighted by atomic mass is 35.5. The highest BCUT2D eigenvalue weighted by Gasteiger charge is 2.25.